The highest BCUT2D eigenvalue weighted by Crippen LogP contribution is 2.25. The minimum atomic E-state index is -0.523. The maximum Gasteiger partial charge on any atom is 0.214 e. The van der Waals surface area contributed by atoms with Gasteiger partial charge >= 0.3 is 0 Å². The van der Waals surface area contributed by atoms with Gasteiger partial charge in [-0.1, -0.05) is 18.2 Å². The molecule has 0 spiro atoms. The molecular formula is C14H12FN3. The van der Waals surface area contributed by atoms with Crippen LogP contribution in [-0.4, -0.2) is 11.5 Å². The fourth-order valence-corrected chi connectivity index (χ4v) is 1.74. The molecule has 0 saturated heterocycles. The topological polar surface area (TPSA) is 39.9 Å². The quantitative estimate of drug-likeness (QED) is 0.771. The third kappa shape index (κ3) is 2.83. The van der Waals surface area contributed by atoms with Gasteiger partial charge in [-0.05, 0) is 18.2 Å². The number of halogens is 1. The van der Waals surface area contributed by atoms with Crippen molar-refractivity contribution in [2.45, 2.75) is 6.42 Å². The number of aromatic nitrogens is 1. The Morgan fingerprint density at radius 2 is 1.94 bits per heavy atom. The molecule has 0 amide bonds. The van der Waals surface area contributed by atoms with Crippen molar-refractivity contribution < 1.29 is 4.39 Å². The van der Waals surface area contributed by atoms with Crippen LogP contribution in [-0.2, 0) is 0 Å². The zero-order valence-electron chi connectivity index (χ0n) is 9.75. The number of hydrogen-bond donors (Lipinski definition) is 0. The first-order valence-corrected chi connectivity index (χ1v) is 5.62. The highest BCUT2D eigenvalue weighted by molar-refractivity contribution is 5.62. The summed E-state index contributed by atoms with van der Waals surface area (Å²) >= 11 is 0. The van der Waals surface area contributed by atoms with Gasteiger partial charge in [0, 0.05) is 30.2 Å². The van der Waals surface area contributed by atoms with Crippen LogP contribution in [0, 0.1) is 17.3 Å². The van der Waals surface area contributed by atoms with Gasteiger partial charge in [-0.25, -0.2) is 4.98 Å². The maximum absolute atomic E-state index is 13.2. The molecule has 3 nitrogen and oxygen atoms in total. The summed E-state index contributed by atoms with van der Waals surface area (Å²) in [6.45, 7) is 0.518. The Kier molecular flexibility index (Phi) is 3.87. The van der Waals surface area contributed by atoms with Crippen LogP contribution in [0.3, 0.4) is 0 Å². The lowest BCUT2D eigenvalue weighted by molar-refractivity contribution is 0.583. The van der Waals surface area contributed by atoms with Gasteiger partial charge in [-0.15, -0.1) is 0 Å². The van der Waals surface area contributed by atoms with Crippen molar-refractivity contribution >= 4 is 11.4 Å². The van der Waals surface area contributed by atoms with Crippen LogP contribution < -0.4 is 4.90 Å². The molecule has 90 valence electrons. The highest BCUT2D eigenvalue weighted by Gasteiger charge is 2.09. The molecule has 1 aromatic heterocycles. The smallest absolute Gasteiger partial charge is 0.214 e. The Bertz CT molecular complexity index is 548. The van der Waals surface area contributed by atoms with E-state index < -0.39 is 5.95 Å². The molecule has 1 aromatic carbocycles. The fraction of sp³-hybridized carbons (Fsp3) is 0.143. The van der Waals surface area contributed by atoms with Gasteiger partial charge in [0.2, 0.25) is 5.95 Å². The number of benzene rings is 1. The predicted octanol–water partition coefficient (Wildman–Crippen LogP) is 3.27. The van der Waals surface area contributed by atoms with E-state index in [-0.39, 0.29) is 0 Å². The van der Waals surface area contributed by atoms with Crippen molar-refractivity contribution in [3.05, 3.63) is 54.6 Å². The molecule has 0 unspecified atom stereocenters. The minimum absolute atomic E-state index is 0.374. The van der Waals surface area contributed by atoms with Crippen LogP contribution in [0.1, 0.15) is 6.42 Å². The second-order valence-electron chi connectivity index (χ2n) is 3.73. The van der Waals surface area contributed by atoms with Gasteiger partial charge in [0.15, 0.2) is 0 Å². The van der Waals surface area contributed by atoms with Crippen molar-refractivity contribution in [3.8, 4) is 6.07 Å². The number of pyridine rings is 1. The van der Waals surface area contributed by atoms with E-state index in [2.05, 4.69) is 11.1 Å². The fourth-order valence-electron chi connectivity index (χ4n) is 1.74. The van der Waals surface area contributed by atoms with Crippen LogP contribution in [0.5, 0.6) is 0 Å². The van der Waals surface area contributed by atoms with Crippen molar-refractivity contribution in [2.24, 2.45) is 0 Å². The molecule has 2 aromatic rings. The summed E-state index contributed by atoms with van der Waals surface area (Å²) in [6, 6.07) is 14.8. The molecule has 0 radical (unpaired) electrons. The summed E-state index contributed by atoms with van der Waals surface area (Å²) < 4.78 is 13.2. The molecule has 0 atom stereocenters. The number of anilines is 2. The van der Waals surface area contributed by atoms with Gasteiger partial charge < -0.3 is 4.90 Å². The molecule has 2 rings (SSSR count). The van der Waals surface area contributed by atoms with Crippen LogP contribution >= 0.6 is 0 Å². The Morgan fingerprint density at radius 1 is 1.17 bits per heavy atom. The lowest BCUT2D eigenvalue weighted by Crippen LogP contribution is -2.18. The standard InChI is InChI=1S/C14H12FN3/c15-14-11-13(7-9-17-14)18(10-4-8-16)12-5-2-1-3-6-12/h1-3,5-7,9,11H,4,10H2. The largest absolute Gasteiger partial charge is 0.340 e. The average Bonchev–Trinajstić information content (AvgIpc) is 2.40. The van der Waals surface area contributed by atoms with Gasteiger partial charge in [0.25, 0.3) is 0 Å². The highest BCUT2D eigenvalue weighted by atomic mass is 19.1. The van der Waals surface area contributed by atoms with E-state index in [0.717, 1.165) is 5.69 Å². The van der Waals surface area contributed by atoms with Crippen molar-refractivity contribution in [1.82, 2.24) is 4.98 Å². The summed E-state index contributed by atoms with van der Waals surface area (Å²) in [4.78, 5) is 5.43. The average molecular weight is 241 g/mol. The summed E-state index contributed by atoms with van der Waals surface area (Å²) in [5.74, 6) is -0.523. The lowest BCUT2D eigenvalue weighted by Gasteiger charge is -2.23. The summed E-state index contributed by atoms with van der Waals surface area (Å²) in [5, 5.41) is 8.70. The van der Waals surface area contributed by atoms with Crippen molar-refractivity contribution in [1.29, 1.82) is 5.26 Å². The Morgan fingerprint density at radius 3 is 2.61 bits per heavy atom. The summed E-state index contributed by atoms with van der Waals surface area (Å²) in [5.41, 5.74) is 1.63. The van der Waals surface area contributed by atoms with E-state index in [4.69, 9.17) is 5.26 Å². The lowest BCUT2D eigenvalue weighted by atomic mass is 10.2. The van der Waals surface area contributed by atoms with Gasteiger partial charge in [0.05, 0.1) is 12.5 Å². The first-order chi connectivity index (χ1) is 8.81. The van der Waals surface area contributed by atoms with Crippen LogP contribution in [0.2, 0.25) is 0 Å². The molecular weight excluding hydrogens is 229 g/mol. The van der Waals surface area contributed by atoms with E-state index in [1.165, 1.54) is 12.3 Å². The Labute approximate surface area is 105 Å². The molecule has 0 aliphatic carbocycles. The third-order valence-electron chi connectivity index (χ3n) is 2.54. The van der Waals surface area contributed by atoms with Gasteiger partial charge in [0.1, 0.15) is 0 Å². The first-order valence-electron chi connectivity index (χ1n) is 5.62. The van der Waals surface area contributed by atoms with E-state index in [1.807, 2.05) is 35.2 Å². The molecule has 0 aliphatic rings. The molecule has 0 aliphatic heterocycles. The summed E-state index contributed by atoms with van der Waals surface area (Å²) in [6.07, 6.45) is 1.80. The normalized spacial score (nSPS) is 9.78. The summed E-state index contributed by atoms with van der Waals surface area (Å²) in [7, 11) is 0. The molecule has 4 heteroatoms. The zero-order valence-corrected chi connectivity index (χ0v) is 9.75. The Balaban J connectivity index is 2.34. The molecule has 1 heterocycles. The monoisotopic (exact) mass is 241 g/mol. The molecule has 0 saturated carbocycles. The third-order valence-corrected chi connectivity index (χ3v) is 2.54. The first kappa shape index (κ1) is 12.1. The van der Waals surface area contributed by atoms with Crippen LogP contribution in [0.4, 0.5) is 15.8 Å². The molecule has 0 fully saturated rings. The maximum atomic E-state index is 13.2. The number of nitriles is 1. The zero-order chi connectivity index (χ0) is 12.8. The molecule has 0 bridgehead atoms. The minimum Gasteiger partial charge on any atom is -0.340 e. The predicted molar refractivity (Wildman–Crippen MR) is 67.9 cm³/mol. The SMILES string of the molecule is N#CCCN(c1ccccc1)c1ccnc(F)c1. The van der Waals surface area contributed by atoms with Crippen molar-refractivity contribution in [3.63, 3.8) is 0 Å². The number of hydrogen-bond acceptors (Lipinski definition) is 3. The number of para-hydroxylation sites is 1. The second kappa shape index (κ2) is 5.78. The van der Waals surface area contributed by atoms with E-state index in [1.54, 1.807) is 6.07 Å². The van der Waals surface area contributed by atoms with Crippen LogP contribution in [0.15, 0.2) is 48.7 Å². The van der Waals surface area contributed by atoms with Crippen molar-refractivity contribution in [2.75, 3.05) is 11.4 Å². The molecule has 0 N–H and O–H groups in total. The van der Waals surface area contributed by atoms with Crippen LogP contribution in [0.25, 0.3) is 0 Å². The van der Waals surface area contributed by atoms with Gasteiger partial charge in [-0.3, -0.25) is 0 Å². The number of rotatable bonds is 4. The van der Waals surface area contributed by atoms with E-state index in [9.17, 15) is 4.39 Å². The number of nitrogens with zero attached hydrogens (tertiary/aromatic N) is 3. The molecule has 18 heavy (non-hydrogen) atoms. The van der Waals surface area contributed by atoms with Gasteiger partial charge in [-0.2, -0.15) is 9.65 Å². The van der Waals surface area contributed by atoms with E-state index in [0.29, 0.717) is 18.7 Å². The second-order valence-corrected chi connectivity index (χ2v) is 3.73. The Hall–Kier alpha value is -2.41. The van der Waals surface area contributed by atoms with E-state index >= 15 is 0 Å².